The lowest BCUT2D eigenvalue weighted by Gasteiger charge is -2.06. The molecule has 0 aliphatic carbocycles. The summed E-state index contributed by atoms with van der Waals surface area (Å²) in [6, 6.07) is 2.69. The molecular weight excluding hydrogens is 295 g/mol. The lowest BCUT2D eigenvalue weighted by atomic mass is 10.2. The largest absolute Gasteiger partial charge is 0.477 e. The first-order valence-corrected chi connectivity index (χ1v) is 6.05. The SMILES string of the molecule is O=C(Nc1ccsc1C(=O)O)c1ccc(F)c(F)c1F. The number of carboxylic acid groups (broad SMARTS) is 1. The second-order valence-electron chi connectivity index (χ2n) is 3.65. The number of hydrogen-bond acceptors (Lipinski definition) is 3. The molecule has 104 valence electrons. The number of amides is 1. The Morgan fingerprint density at radius 2 is 1.80 bits per heavy atom. The molecule has 0 saturated carbocycles. The minimum absolute atomic E-state index is 0.0448. The summed E-state index contributed by atoms with van der Waals surface area (Å²) < 4.78 is 39.2. The number of rotatable bonds is 3. The second-order valence-corrected chi connectivity index (χ2v) is 4.56. The molecule has 0 saturated heterocycles. The van der Waals surface area contributed by atoms with Gasteiger partial charge in [-0.3, -0.25) is 4.79 Å². The molecule has 0 atom stereocenters. The molecule has 1 amide bonds. The molecular formula is C12H6F3NO3S. The summed E-state index contributed by atoms with van der Waals surface area (Å²) in [6.45, 7) is 0. The normalized spacial score (nSPS) is 10.3. The Bertz CT molecular complexity index is 699. The van der Waals surface area contributed by atoms with Crippen molar-refractivity contribution in [2.45, 2.75) is 0 Å². The molecule has 0 aliphatic heterocycles. The summed E-state index contributed by atoms with van der Waals surface area (Å²) >= 11 is 0.863. The Morgan fingerprint density at radius 3 is 2.45 bits per heavy atom. The minimum Gasteiger partial charge on any atom is -0.477 e. The van der Waals surface area contributed by atoms with E-state index in [9.17, 15) is 22.8 Å². The quantitative estimate of drug-likeness (QED) is 0.856. The number of carbonyl (C=O) groups is 2. The number of carboxylic acids is 1. The van der Waals surface area contributed by atoms with Crippen LogP contribution in [0.2, 0.25) is 0 Å². The van der Waals surface area contributed by atoms with Gasteiger partial charge in [-0.15, -0.1) is 11.3 Å². The van der Waals surface area contributed by atoms with Gasteiger partial charge in [0, 0.05) is 0 Å². The number of benzene rings is 1. The van der Waals surface area contributed by atoms with E-state index in [-0.39, 0.29) is 10.6 Å². The molecule has 0 unspecified atom stereocenters. The molecule has 1 heterocycles. The zero-order valence-electron chi connectivity index (χ0n) is 9.62. The number of halogens is 3. The molecule has 8 heteroatoms. The maximum Gasteiger partial charge on any atom is 0.348 e. The number of hydrogen-bond donors (Lipinski definition) is 2. The van der Waals surface area contributed by atoms with Crippen molar-refractivity contribution in [2.75, 3.05) is 5.32 Å². The van der Waals surface area contributed by atoms with Gasteiger partial charge in [0.15, 0.2) is 17.5 Å². The van der Waals surface area contributed by atoms with Crippen molar-refractivity contribution in [1.82, 2.24) is 0 Å². The van der Waals surface area contributed by atoms with Crippen molar-refractivity contribution in [1.29, 1.82) is 0 Å². The molecule has 1 aromatic heterocycles. The van der Waals surface area contributed by atoms with Gasteiger partial charge >= 0.3 is 5.97 Å². The van der Waals surface area contributed by atoms with Gasteiger partial charge in [0.25, 0.3) is 5.91 Å². The van der Waals surface area contributed by atoms with Crippen LogP contribution in [0.4, 0.5) is 18.9 Å². The van der Waals surface area contributed by atoms with Gasteiger partial charge in [0.1, 0.15) is 4.88 Å². The Labute approximate surface area is 114 Å². The molecule has 4 nitrogen and oxygen atoms in total. The van der Waals surface area contributed by atoms with Crippen molar-refractivity contribution in [3.8, 4) is 0 Å². The van der Waals surface area contributed by atoms with Crippen molar-refractivity contribution in [3.63, 3.8) is 0 Å². The summed E-state index contributed by atoms with van der Waals surface area (Å²) in [6.07, 6.45) is 0. The minimum atomic E-state index is -1.76. The first-order chi connectivity index (χ1) is 9.41. The van der Waals surface area contributed by atoms with E-state index in [1.165, 1.54) is 11.4 Å². The summed E-state index contributed by atoms with van der Waals surface area (Å²) in [5, 5.41) is 12.4. The summed E-state index contributed by atoms with van der Waals surface area (Å²) in [4.78, 5) is 22.4. The van der Waals surface area contributed by atoms with Crippen LogP contribution < -0.4 is 5.32 Å². The number of aromatic carboxylic acids is 1. The second kappa shape index (κ2) is 5.33. The Hall–Kier alpha value is -2.35. The zero-order chi connectivity index (χ0) is 14.9. The smallest absolute Gasteiger partial charge is 0.348 e. The van der Waals surface area contributed by atoms with Crippen molar-refractivity contribution < 1.29 is 27.9 Å². The molecule has 0 fully saturated rings. The average Bonchev–Trinajstić information content (AvgIpc) is 2.84. The number of thiophene rings is 1. The van der Waals surface area contributed by atoms with Gasteiger partial charge < -0.3 is 10.4 Å². The first-order valence-electron chi connectivity index (χ1n) is 5.17. The van der Waals surface area contributed by atoms with Gasteiger partial charge in [-0.2, -0.15) is 0 Å². The van der Waals surface area contributed by atoms with Crippen LogP contribution in [0.1, 0.15) is 20.0 Å². The van der Waals surface area contributed by atoms with Crippen LogP contribution in [0.5, 0.6) is 0 Å². The van der Waals surface area contributed by atoms with Gasteiger partial charge in [-0.25, -0.2) is 18.0 Å². The van der Waals surface area contributed by atoms with E-state index in [1.807, 2.05) is 0 Å². The van der Waals surface area contributed by atoms with Gasteiger partial charge in [-0.1, -0.05) is 0 Å². The highest BCUT2D eigenvalue weighted by molar-refractivity contribution is 7.12. The van der Waals surface area contributed by atoms with E-state index in [0.717, 1.165) is 17.4 Å². The number of nitrogens with one attached hydrogen (secondary N) is 1. The van der Waals surface area contributed by atoms with Crippen molar-refractivity contribution in [3.05, 3.63) is 51.5 Å². The van der Waals surface area contributed by atoms with E-state index >= 15 is 0 Å². The fraction of sp³-hybridized carbons (Fsp3) is 0. The van der Waals surface area contributed by atoms with Gasteiger partial charge in [-0.05, 0) is 23.6 Å². The molecule has 2 rings (SSSR count). The van der Waals surface area contributed by atoms with Crippen LogP contribution >= 0.6 is 11.3 Å². The third kappa shape index (κ3) is 2.50. The fourth-order valence-electron chi connectivity index (χ4n) is 1.46. The third-order valence-electron chi connectivity index (χ3n) is 2.39. The molecule has 20 heavy (non-hydrogen) atoms. The standard InChI is InChI=1S/C12H6F3NO3S/c13-6-2-1-5(8(14)9(6)15)11(17)16-7-3-4-20-10(7)12(18)19/h1-4H,(H,16,17)(H,18,19). The zero-order valence-corrected chi connectivity index (χ0v) is 10.4. The topological polar surface area (TPSA) is 66.4 Å². The molecule has 0 radical (unpaired) electrons. The predicted molar refractivity (Wildman–Crippen MR) is 65.5 cm³/mol. The van der Waals surface area contributed by atoms with E-state index in [2.05, 4.69) is 5.32 Å². The van der Waals surface area contributed by atoms with Gasteiger partial charge in [0.05, 0.1) is 11.3 Å². The number of anilines is 1. The molecule has 0 aliphatic rings. The lowest BCUT2D eigenvalue weighted by molar-refractivity contribution is 0.0703. The summed E-state index contributed by atoms with van der Waals surface area (Å²) in [5.41, 5.74) is -0.761. The highest BCUT2D eigenvalue weighted by Gasteiger charge is 2.21. The highest BCUT2D eigenvalue weighted by Crippen LogP contribution is 2.23. The van der Waals surface area contributed by atoms with Crippen molar-refractivity contribution in [2.24, 2.45) is 0 Å². The van der Waals surface area contributed by atoms with E-state index in [1.54, 1.807) is 0 Å². The maximum absolute atomic E-state index is 13.4. The van der Waals surface area contributed by atoms with Gasteiger partial charge in [0.2, 0.25) is 0 Å². The summed E-state index contributed by atoms with van der Waals surface area (Å²) in [5.74, 6) is -7.14. The van der Waals surface area contributed by atoms with Crippen LogP contribution in [0.3, 0.4) is 0 Å². The van der Waals surface area contributed by atoms with Crippen LogP contribution in [-0.2, 0) is 0 Å². The predicted octanol–water partition coefficient (Wildman–Crippen LogP) is 3.12. The third-order valence-corrected chi connectivity index (χ3v) is 3.29. The van der Waals surface area contributed by atoms with Crippen LogP contribution in [0.25, 0.3) is 0 Å². The molecule has 2 N–H and O–H groups in total. The number of carbonyl (C=O) groups excluding carboxylic acids is 1. The van der Waals surface area contributed by atoms with E-state index < -0.39 is 34.9 Å². The molecule has 2 aromatic rings. The van der Waals surface area contributed by atoms with E-state index in [4.69, 9.17) is 5.11 Å². The molecule has 1 aromatic carbocycles. The summed E-state index contributed by atoms with van der Waals surface area (Å²) in [7, 11) is 0. The molecule has 0 bridgehead atoms. The Balaban J connectivity index is 2.31. The maximum atomic E-state index is 13.4. The van der Waals surface area contributed by atoms with Crippen LogP contribution in [0.15, 0.2) is 23.6 Å². The fourth-order valence-corrected chi connectivity index (χ4v) is 2.15. The first kappa shape index (κ1) is 14.1. The highest BCUT2D eigenvalue weighted by atomic mass is 32.1. The Morgan fingerprint density at radius 1 is 1.10 bits per heavy atom. The van der Waals surface area contributed by atoms with Crippen LogP contribution in [0, 0.1) is 17.5 Å². The monoisotopic (exact) mass is 301 g/mol. The Kier molecular flexibility index (Phi) is 3.75. The van der Waals surface area contributed by atoms with Crippen molar-refractivity contribution >= 4 is 28.9 Å². The van der Waals surface area contributed by atoms with Crippen LogP contribution in [-0.4, -0.2) is 17.0 Å². The lowest BCUT2D eigenvalue weighted by Crippen LogP contribution is -2.16. The average molecular weight is 301 g/mol. The molecule has 0 spiro atoms. The van der Waals surface area contributed by atoms with E-state index in [0.29, 0.717) is 6.07 Å².